The molecule has 9 heteroatoms. The number of nitriles is 1. The van der Waals surface area contributed by atoms with E-state index in [1.807, 2.05) is 43.3 Å². The summed E-state index contributed by atoms with van der Waals surface area (Å²) in [5.41, 5.74) is 2.35. The van der Waals surface area contributed by atoms with E-state index in [9.17, 15) is 19.6 Å². The Balaban J connectivity index is 1.53. The maximum atomic E-state index is 13.6. The lowest BCUT2D eigenvalue weighted by Gasteiger charge is -2.28. The molecule has 4 aromatic rings. The number of amides is 3. The zero-order valence-electron chi connectivity index (χ0n) is 19.9. The van der Waals surface area contributed by atoms with E-state index in [4.69, 9.17) is 0 Å². The summed E-state index contributed by atoms with van der Waals surface area (Å²) >= 11 is 0. The van der Waals surface area contributed by atoms with Crippen LogP contribution in [0.5, 0.6) is 0 Å². The van der Waals surface area contributed by atoms with Gasteiger partial charge < -0.3 is 5.32 Å². The van der Waals surface area contributed by atoms with E-state index in [0.717, 1.165) is 21.4 Å². The normalized spacial score (nSPS) is 13.7. The van der Waals surface area contributed by atoms with E-state index in [2.05, 4.69) is 15.4 Å². The Kier molecular flexibility index (Phi) is 5.57. The van der Waals surface area contributed by atoms with Crippen LogP contribution in [-0.4, -0.2) is 43.4 Å². The molecule has 36 heavy (non-hydrogen) atoms. The highest BCUT2D eigenvalue weighted by atomic mass is 16.2. The van der Waals surface area contributed by atoms with Crippen LogP contribution in [0.4, 0.5) is 5.82 Å². The van der Waals surface area contributed by atoms with Crippen LogP contribution in [0.3, 0.4) is 0 Å². The SMILES string of the molecule is Cc1cc(-n2ncc(C#N)c2NC(=O)C(C(C)C)N2C(=O)c3ccccc3C2=O)nc2ccccc12. The quantitative estimate of drug-likeness (QED) is 0.435. The molecule has 0 fully saturated rings. The number of nitrogens with one attached hydrogen (secondary N) is 1. The molecule has 2 aromatic carbocycles. The second kappa shape index (κ2) is 8.74. The number of aromatic nitrogens is 3. The van der Waals surface area contributed by atoms with Crippen LogP contribution in [0, 0.1) is 24.2 Å². The van der Waals surface area contributed by atoms with Crippen molar-refractivity contribution in [3.8, 4) is 11.9 Å². The molecule has 0 radical (unpaired) electrons. The zero-order valence-corrected chi connectivity index (χ0v) is 19.9. The number of carbonyl (C=O) groups excluding carboxylic acids is 3. The van der Waals surface area contributed by atoms with Crippen LogP contribution in [0.2, 0.25) is 0 Å². The standard InChI is InChI=1S/C27H22N6O3/c1-15(2)23(32-26(35)19-9-4-5-10-20(19)27(32)36)25(34)31-24-17(13-28)14-29-33(24)22-12-16(3)18-8-6-7-11-21(18)30-22/h4-12,14-15,23H,1-3H3,(H,31,34). The number of pyridine rings is 1. The molecule has 0 saturated carbocycles. The van der Waals surface area contributed by atoms with Gasteiger partial charge in [0, 0.05) is 5.39 Å². The molecule has 1 aliphatic rings. The Bertz CT molecular complexity index is 1560. The lowest BCUT2D eigenvalue weighted by Crippen LogP contribution is -2.50. The van der Waals surface area contributed by atoms with Crippen LogP contribution in [0.1, 0.15) is 45.7 Å². The molecule has 9 nitrogen and oxygen atoms in total. The summed E-state index contributed by atoms with van der Waals surface area (Å²) < 4.78 is 1.38. The third-order valence-corrected chi connectivity index (χ3v) is 6.26. The highest BCUT2D eigenvalue weighted by Gasteiger charge is 2.44. The largest absolute Gasteiger partial charge is 0.308 e. The number of anilines is 1. The molecule has 1 aliphatic heterocycles. The number of aryl methyl sites for hydroxylation is 1. The Labute approximate surface area is 207 Å². The summed E-state index contributed by atoms with van der Waals surface area (Å²) in [6.45, 7) is 5.45. The molecule has 0 saturated heterocycles. The van der Waals surface area contributed by atoms with Gasteiger partial charge in [-0.25, -0.2) is 4.98 Å². The Morgan fingerprint density at radius 2 is 1.67 bits per heavy atom. The first-order valence-electron chi connectivity index (χ1n) is 11.4. The highest BCUT2D eigenvalue weighted by Crippen LogP contribution is 2.29. The van der Waals surface area contributed by atoms with Crippen molar-refractivity contribution in [3.05, 3.63) is 83.0 Å². The van der Waals surface area contributed by atoms with Crippen LogP contribution in [0.15, 0.2) is 60.8 Å². The van der Waals surface area contributed by atoms with Gasteiger partial charge in [-0.3, -0.25) is 19.3 Å². The van der Waals surface area contributed by atoms with E-state index < -0.39 is 29.7 Å². The van der Waals surface area contributed by atoms with Gasteiger partial charge >= 0.3 is 0 Å². The van der Waals surface area contributed by atoms with Crippen molar-refractivity contribution < 1.29 is 14.4 Å². The van der Waals surface area contributed by atoms with Crippen molar-refractivity contribution in [1.29, 1.82) is 5.26 Å². The Morgan fingerprint density at radius 3 is 2.31 bits per heavy atom. The number of para-hydroxylation sites is 1. The lowest BCUT2D eigenvalue weighted by molar-refractivity contribution is -0.121. The molecule has 1 atom stereocenters. The van der Waals surface area contributed by atoms with Gasteiger partial charge in [-0.15, -0.1) is 0 Å². The van der Waals surface area contributed by atoms with E-state index >= 15 is 0 Å². The highest BCUT2D eigenvalue weighted by molar-refractivity contribution is 6.23. The average molecular weight is 479 g/mol. The molecule has 3 heterocycles. The summed E-state index contributed by atoms with van der Waals surface area (Å²) in [6.07, 6.45) is 1.34. The molecule has 2 aromatic heterocycles. The summed E-state index contributed by atoms with van der Waals surface area (Å²) in [7, 11) is 0. The Hall–Kier alpha value is -4.84. The minimum absolute atomic E-state index is 0.118. The topological polar surface area (TPSA) is 121 Å². The summed E-state index contributed by atoms with van der Waals surface area (Å²) in [5.74, 6) is -1.50. The third kappa shape index (κ3) is 3.60. The number of hydrogen-bond acceptors (Lipinski definition) is 6. The minimum atomic E-state index is -1.10. The van der Waals surface area contributed by atoms with Crippen molar-refractivity contribution in [2.75, 3.05) is 5.32 Å². The first-order chi connectivity index (χ1) is 17.3. The summed E-state index contributed by atoms with van der Waals surface area (Å²) in [5, 5.41) is 17.7. The molecule has 1 unspecified atom stereocenters. The van der Waals surface area contributed by atoms with E-state index in [-0.39, 0.29) is 22.5 Å². The van der Waals surface area contributed by atoms with Crippen LogP contribution < -0.4 is 5.32 Å². The third-order valence-electron chi connectivity index (χ3n) is 6.26. The van der Waals surface area contributed by atoms with E-state index in [1.165, 1.54) is 10.9 Å². The maximum absolute atomic E-state index is 13.6. The molecule has 178 valence electrons. The molecular weight excluding hydrogens is 456 g/mol. The smallest absolute Gasteiger partial charge is 0.262 e. The van der Waals surface area contributed by atoms with Gasteiger partial charge in [0.1, 0.15) is 17.7 Å². The fourth-order valence-corrected chi connectivity index (χ4v) is 4.53. The van der Waals surface area contributed by atoms with Gasteiger partial charge in [-0.2, -0.15) is 15.0 Å². The lowest BCUT2D eigenvalue weighted by atomic mass is 10.0. The number of nitrogens with zero attached hydrogens (tertiary/aromatic N) is 5. The van der Waals surface area contributed by atoms with Gasteiger partial charge in [-0.05, 0) is 42.7 Å². The van der Waals surface area contributed by atoms with E-state index in [0.29, 0.717) is 5.82 Å². The van der Waals surface area contributed by atoms with Gasteiger partial charge in [0.25, 0.3) is 11.8 Å². The van der Waals surface area contributed by atoms with Crippen molar-refractivity contribution in [2.24, 2.45) is 5.92 Å². The van der Waals surface area contributed by atoms with Crippen LogP contribution >= 0.6 is 0 Å². The number of hydrogen-bond donors (Lipinski definition) is 1. The number of benzene rings is 2. The summed E-state index contributed by atoms with van der Waals surface area (Å²) in [4.78, 5) is 45.4. The van der Waals surface area contributed by atoms with Gasteiger partial charge in [0.05, 0.1) is 22.8 Å². The fraction of sp³-hybridized carbons (Fsp3) is 0.185. The second-order valence-electron chi connectivity index (χ2n) is 8.95. The van der Waals surface area contributed by atoms with Crippen LogP contribution in [-0.2, 0) is 4.79 Å². The predicted molar refractivity (Wildman–Crippen MR) is 133 cm³/mol. The van der Waals surface area contributed by atoms with Crippen molar-refractivity contribution >= 4 is 34.4 Å². The van der Waals surface area contributed by atoms with E-state index in [1.54, 1.807) is 38.1 Å². The first-order valence-corrected chi connectivity index (χ1v) is 11.4. The van der Waals surface area contributed by atoms with Gasteiger partial charge in [-0.1, -0.05) is 44.2 Å². The minimum Gasteiger partial charge on any atom is -0.308 e. The average Bonchev–Trinajstić information content (AvgIpc) is 3.38. The Morgan fingerprint density at radius 1 is 1.03 bits per heavy atom. The fourth-order valence-electron chi connectivity index (χ4n) is 4.53. The predicted octanol–water partition coefficient (Wildman–Crippen LogP) is 3.86. The molecule has 0 spiro atoms. The molecule has 3 amide bonds. The second-order valence-corrected chi connectivity index (χ2v) is 8.95. The number of rotatable bonds is 5. The number of imide groups is 1. The molecular formula is C27H22N6O3. The van der Waals surface area contributed by atoms with Gasteiger partial charge in [0.15, 0.2) is 11.6 Å². The van der Waals surface area contributed by atoms with Crippen molar-refractivity contribution in [1.82, 2.24) is 19.7 Å². The summed E-state index contributed by atoms with van der Waals surface area (Å²) in [6, 6.07) is 16.9. The maximum Gasteiger partial charge on any atom is 0.262 e. The van der Waals surface area contributed by atoms with Crippen molar-refractivity contribution in [2.45, 2.75) is 26.8 Å². The van der Waals surface area contributed by atoms with Crippen molar-refractivity contribution in [3.63, 3.8) is 0 Å². The molecule has 5 rings (SSSR count). The molecule has 0 bridgehead atoms. The zero-order chi connectivity index (χ0) is 25.6. The van der Waals surface area contributed by atoms with Crippen LogP contribution in [0.25, 0.3) is 16.7 Å². The molecule has 1 N–H and O–H groups in total. The first kappa shape index (κ1) is 22.9. The molecule has 0 aliphatic carbocycles. The van der Waals surface area contributed by atoms with Gasteiger partial charge in [0.2, 0.25) is 5.91 Å². The monoisotopic (exact) mass is 478 g/mol. The number of fused-ring (bicyclic) bond motifs is 2. The number of carbonyl (C=O) groups is 3.